The topological polar surface area (TPSA) is 26.3 Å². The number of quaternary nitrogens is 1. The van der Waals surface area contributed by atoms with Gasteiger partial charge in [-0.15, -0.1) is 0 Å². The van der Waals surface area contributed by atoms with E-state index in [0.29, 0.717) is 13.2 Å². The molecule has 1 fully saturated rings. The highest BCUT2D eigenvalue weighted by Crippen LogP contribution is 2.14. The molecule has 1 heterocycles. The monoisotopic (exact) mass is 171 g/mol. The molecule has 1 radical (unpaired) electrons. The summed E-state index contributed by atoms with van der Waals surface area (Å²) in [6.07, 6.45) is 3.36. The van der Waals surface area contributed by atoms with E-state index in [1.807, 2.05) is 6.92 Å². The highest BCUT2D eigenvalue weighted by atomic mass is 16.5. The van der Waals surface area contributed by atoms with Crippen LogP contribution < -0.4 is 0 Å². The second-order valence-corrected chi connectivity index (χ2v) is 3.57. The normalized spacial score (nSPS) is 20.8. The molecule has 0 amide bonds. The molecule has 0 bridgehead atoms. The Morgan fingerprint density at radius 3 is 2.92 bits per heavy atom. The van der Waals surface area contributed by atoms with Gasteiger partial charge in [0, 0.05) is 12.8 Å². The summed E-state index contributed by atoms with van der Waals surface area (Å²) in [5.74, 6) is -0.0738. The highest BCUT2D eigenvalue weighted by Gasteiger charge is 2.30. The lowest BCUT2D eigenvalue weighted by atomic mass is 10.4. The number of likely N-dealkylation sites (N-methyl/N-ethyl adjacent to an activating group) is 1. The number of likely N-dealkylation sites (tertiary alicyclic amines) is 1. The lowest BCUT2D eigenvalue weighted by Gasteiger charge is -2.27. The van der Waals surface area contributed by atoms with E-state index in [1.165, 1.54) is 0 Å². The quantitative estimate of drug-likeness (QED) is 0.459. The molecule has 0 N–H and O–H groups in total. The van der Waals surface area contributed by atoms with E-state index in [2.05, 4.69) is 13.5 Å². The molecule has 0 aromatic heterocycles. The number of carbonyl (C=O) groups is 1. The summed E-state index contributed by atoms with van der Waals surface area (Å²) in [7, 11) is 2.10. The van der Waals surface area contributed by atoms with Crippen molar-refractivity contribution in [2.75, 3.05) is 33.3 Å². The van der Waals surface area contributed by atoms with Crippen molar-refractivity contribution in [1.82, 2.24) is 0 Å². The maximum atomic E-state index is 11.2. The fourth-order valence-electron chi connectivity index (χ4n) is 1.56. The van der Waals surface area contributed by atoms with Crippen LogP contribution >= 0.6 is 0 Å². The number of hydrogen-bond donors (Lipinski definition) is 0. The van der Waals surface area contributed by atoms with Crippen LogP contribution in [0.4, 0.5) is 0 Å². The van der Waals surface area contributed by atoms with Crippen LogP contribution in [0.1, 0.15) is 13.3 Å². The molecule has 0 aliphatic carbocycles. The van der Waals surface area contributed by atoms with Gasteiger partial charge in [0.1, 0.15) is 0 Å². The molecule has 1 aliphatic rings. The van der Waals surface area contributed by atoms with Crippen molar-refractivity contribution < 1.29 is 14.0 Å². The Hall–Kier alpha value is -0.570. The molecule has 1 atom stereocenters. The standard InChI is InChI=1S/C9H17NO2/c1-3-12-9(11)8-10(2)6-4-5-7-10/h4H,3,5-8H2,1-2H3/q+1. The van der Waals surface area contributed by atoms with Crippen LogP contribution in [0.3, 0.4) is 0 Å². The number of nitrogens with zero attached hydrogens (tertiary/aromatic N) is 1. The minimum atomic E-state index is -0.0738. The molecule has 69 valence electrons. The molecule has 1 unspecified atom stereocenters. The summed E-state index contributed by atoms with van der Waals surface area (Å²) in [6, 6.07) is 0. The maximum absolute atomic E-state index is 11.2. The van der Waals surface area contributed by atoms with Gasteiger partial charge in [0.15, 0.2) is 6.54 Å². The zero-order chi connectivity index (χ0) is 9.03. The number of hydrogen-bond acceptors (Lipinski definition) is 2. The van der Waals surface area contributed by atoms with Crippen LogP contribution in [-0.2, 0) is 9.53 Å². The first-order chi connectivity index (χ1) is 5.66. The molecule has 1 saturated heterocycles. The Labute approximate surface area is 73.9 Å². The molecule has 0 aromatic carbocycles. The van der Waals surface area contributed by atoms with Crippen molar-refractivity contribution >= 4 is 5.97 Å². The first kappa shape index (κ1) is 9.52. The maximum Gasteiger partial charge on any atom is 0.361 e. The minimum Gasteiger partial charge on any atom is -0.462 e. The highest BCUT2D eigenvalue weighted by molar-refractivity contribution is 5.70. The predicted octanol–water partition coefficient (Wildman–Crippen LogP) is 0.604. The molecule has 0 aromatic rings. The van der Waals surface area contributed by atoms with Gasteiger partial charge in [-0.25, -0.2) is 4.79 Å². The number of ether oxygens (including phenoxy) is 1. The number of carbonyl (C=O) groups excluding carboxylic acids is 1. The Kier molecular flexibility index (Phi) is 3.09. The predicted molar refractivity (Wildman–Crippen MR) is 46.3 cm³/mol. The van der Waals surface area contributed by atoms with E-state index in [9.17, 15) is 4.79 Å². The molecule has 1 aliphatic heterocycles. The van der Waals surface area contributed by atoms with Crippen LogP contribution in [0.5, 0.6) is 0 Å². The molecular formula is C9H17NO2+. The van der Waals surface area contributed by atoms with E-state index in [0.717, 1.165) is 24.0 Å². The fraction of sp³-hybridized carbons (Fsp3) is 0.778. The van der Waals surface area contributed by atoms with Crippen molar-refractivity contribution in [2.45, 2.75) is 13.3 Å². The summed E-state index contributed by atoms with van der Waals surface area (Å²) in [5, 5.41) is 0. The van der Waals surface area contributed by atoms with Gasteiger partial charge in [0.05, 0.1) is 26.7 Å². The SMILES string of the molecule is CCOC(=O)C[N+]1(C)C[CH]CC1. The number of rotatable bonds is 3. The Morgan fingerprint density at radius 1 is 1.67 bits per heavy atom. The van der Waals surface area contributed by atoms with Gasteiger partial charge in [-0.2, -0.15) is 0 Å². The van der Waals surface area contributed by atoms with Crippen molar-refractivity contribution in [3.8, 4) is 0 Å². The number of esters is 1. The van der Waals surface area contributed by atoms with Crippen molar-refractivity contribution in [1.29, 1.82) is 0 Å². The second kappa shape index (κ2) is 3.90. The van der Waals surface area contributed by atoms with Crippen molar-refractivity contribution in [3.63, 3.8) is 0 Å². The van der Waals surface area contributed by atoms with Crippen molar-refractivity contribution in [3.05, 3.63) is 6.42 Å². The molecule has 12 heavy (non-hydrogen) atoms. The van der Waals surface area contributed by atoms with Crippen LogP contribution in [0.25, 0.3) is 0 Å². The van der Waals surface area contributed by atoms with Gasteiger partial charge in [-0.1, -0.05) is 0 Å². The molecular weight excluding hydrogens is 154 g/mol. The first-order valence-corrected chi connectivity index (χ1v) is 4.47. The van der Waals surface area contributed by atoms with Gasteiger partial charge in [0.25, 0.3) is 0 Å². The Bertz CT molecular complexity index is 162. The molecule has 0 saturated carbocycles. The summed E-state index contributed by atoms with van der Waals surface area (Å²) in [5.41, 5.74) is 0. The van der Waals surface area contributed by atoms with Gasteiger partial charge in [-0.05, 0) is 6.92 Å². The average molecular weight is 171 g/mol. The third-order valence-electron chi connectivity index (χ3n) is 2.26. The zero-order valence-corrected chi connectivity index (χ0v) is 7.88. The fourth-order valence-corrected chi connectivity index (χ4v) is 1.56. The lowest BCUT2D eigenvalue weighted by molar-refractivity contribution is -0.888. The van der Waals surface area contributed by atoms with Gasteiger partial charge < -0.3 is 9.22 Å². The van der Waals surface area contributed by atoms with E-state index in [-0.39, 0.29) is 5.97 Å². The summed E-state index contributed by atoms with van der Waals surface area (Å²) in [6.45, 7) is 4.92. The van der Waals surface area contributed by atoms with Gasteiger partial charge in [0.2, 0.25) is 0 Å². The van der Waals surface area contributed by atoms with Crippen LogP contribution in [0.15, 0.2) is 0 Å². The summed E-state index contributed by atoms with van der Waals surface area (Å²) in [4.78, 5) is 11.2. The minimum absolute atomic E-state index is 0.0738. The third kappa shape index (κ3) is 2.48. The lowest BCUT2D eigenvalue weighted by Crippen LogP contribution is -2.45. The van der Waals surface area contributed by atoms with Crippen LogP contribution in [0, 0.1) is 6.42 Å². The smallest absolute Gasteiger partial charge is 0.361 e. The van der Waals surface area contributed by atoms with E-state index >= 15 is 0 Å². The summed E-state index contributed by atoms with van der Waals surface area (Å²) < 4.78 is 5.72. The Balaban J connectivity index is 2.33. The molecule has 3 nitrogen and oxygen atoms in total. The molecule has 1 rings (SSSR count). The second-order valence-electron chi connectivity index (χ2n) is 3.57. The largest absolute Gasteiger partial charge is 0.462 e. The van der Waals surface area contributed by atoms with Crippen LogP contribution in [-0.4, -0.2) is 43.7 Å². The Morgan fingerprint density at radius 2 is 2.42 bits per heavy atom. The van der Waals surface area contributed by atoms with Crippen molar-refractivity contribution in [2.24, 2.45) is 0 Å². The summed E-state index contributed by atoms with van der Waals surface area (Å²) >= 11 is 0. The van der Waals surface area contributed by atoms with Gasteiger partial charge in [-0.3, -0.25) is 0 Å². The zero-order valence-electron chi connectivity index (χ0n) is 7.88. The van der Waals surface area contributed by atoms with Crippen LogP contribution in [0.2, 0.25) is 0 Å². The van der Waals surface area contributed by atoms with E-state index < -0.39 is 0 Å². The first-order valence-electron chi connectivity index (χ1n) is 4.47. The van der Waals surface area contributed by atoms with E-state index in [1.54, 1.807) is 0 Å². The van der Waals surface area contributed by atoms with E-state index in [4.69, 9.17) is 4.74 Å². The molecule has 0 spiro atoms. The molecule has 3 heteroatoms. The third-order valence-corrected chi connectivity index (χ3v) is 2.26. The average Bonchev–Trinajstić information content (AvgIpc) is 2.36. The van der Waals surface area contributed by atoms with Gasteiger partial charge >= 0.3 is 5.97 Å².